The summed E-state index contributed by atoms with van der Waals surface area (Å²) in [6.07, 6.45) is 2.20. The Morgan fingerprint density at radius 3 is 2.68 bits per heavy atom. The molecule has 0 fully saturated rings. The van der Waals surface area contributed by atoms with Gasteiger partial charge in [0.2, 0.25) is 11.7 Å². The average Bonchev–Trinajstić information content (AvgIpc) is 2.84. The van der Waals surface area contributed by atoms with Crippen LogP contribution in [0.4, 0.5) is 0 Å². The molecule has 0 saturated heterocycles. The molecule has 0 amide bonds. The Labute approximate surface area is 111 Å². The second-order valence-electron chi connectivity index (χ2n) is 4.97. The largest absolute Gasteiger partial charge is 0.475 e. The Bertz CT molecular complexity index is 611. The molecule has 19 heavy (non-hydrogen) atoms. The first-order chi connectivity index (χ1) is 8.90. The predicted molar refractivity (Wildman–Crippen MR) is 68.9 cm³/mol. The number of aryl methyl sites for hydroxylation is 1. The third-order valence-electron chi connectivity index (χ3n) is 2.96. The van der Waals surface area contributed by atoms with Crippen LogP contribution in [0, 0.1) is 12.8 Å². The molecule has 0 radical (unpaired) electrons. The zero-order valence-electron chi connectivity index (χ0n) is 11.5. The number of carbonyl (C=O) groups is 1. The highest BCUT2D eigenvalue weighted by molar-refractivity contribution is 5.86. The van der Waals surface area contributed by atoms with Crippen LogP contribution in [-0.2, 0) is 13.5 Å². The maximum absolute atomic E-state index is 11.2. The minimum Gasteiger partial charge on any atom is -0.475 e. The highest BCUT2D eigenvalue weighted by atomic mass is 16.4. The quantitative estimate of drug-likeness (QED) is 0.915. The van der Waals surface area contributed by atoms with Crippen molar-refractivity contribution in [2.24, 2.45) is 13.0 Å². The Morgan fingerprint density at radius 1 is 1.53 bits per heavy atom. The van der Waals surface area contributed by atoms with E-state index < -0.39 is 5.97 Å². The number of oxazole rings is 1. The van der Waals surface area contributed by atoms with Gasteiger partial charge in [-0.1, -0.05) is 13.8 Å². The van der Waals surface area contributed by atoms with Crippen molar-refractivity contribution in [2.45, 2.75) is 27.2 Å². The molecule has 102 valence electrons. The van der Waals surface area contributed by atoms with Crippen LogP contribution in [0.5, 0.6) is 0 Å². The molecule has 0 aromatic carbocycles. The first-order valence-corrected chi connectivity index (χ1v) is 6.12. The van der Waals surface area contributed by atoms with Crippen LogP contribution in [0.15, 0.2) is 10.6 Å². The third kappa shape index (κ3) is 2.52. The van der Waals surface area contributed by atoms with Crippen molar-refractivity contribution in [2.75, 3.05) is 0 Å². The number of aromatic nitrogens is 3. The lowest BCUT2D eigenvalue weighted by molar-refractivity contribution is 0.0661. The highest BCUT2D eigenvalue weighted by Gasteiger charge is 2.22. The second kappa shape index (κ2) is 4.87. The number of hydrogen-bond donors (Lipinski definition) is 1. The summed E-state index contributed by atoms with van der Waals surface area (Å²) in [5.74, 6) is -0.535. The van der Waals surface area contributed by atoms with Gasteiger partial charge in [-0.25, -0.2) is 9.78 Å². The highest BCUT2D eigenvalue weighted by Crippen LogP contribution is 2.25. The van der Waals surface area contributed by atoms with Gasteiger partial charge in [0.05, 0.1) is 17.5 Å². The molecule has 2 aromatic rings. The number of nitrogens with zero attached hydrogens (tertiary/aromatic N) is 3. The van der Waals surface area contributed by atoms with E-state index in [9.17, 15) is 4.79 Å². The van der Waals surface area contributed by atoms with Gasteiger partial charge in [-0.15, -0.1) is 0 Å². The third-order valence-corrected chi connectivity index (χ3v) is 2.96. The smallest absolute Gasteiger partial charge is 0.373 e. The molecular formula is C13H17N3O3. The van der Waals surface area contributed by atoms with Crippen LogP contribution < -0.4 is 0 Å². The molecule has 0 spiro atoms. The molecule has 2 rings (SSSR count). The van der Waals surface area contributed by atoms with Crippen LogP contribution in [0.25, 0.3) is 11.5 Å². The van der Waals surface area contributed by atoms with Gasteiger partial charge in [-0.3, -0.25) is 4.68 Å². The Morgan fingerprint density at radius 2 is 2.21 bits per heavy atom. The van der Waals surface area contributed by atoms with Gasteiger partial charge in [0.25, 0.3) is 0 Å². The topological polar surface area (TPSA) is 81.2 Å². The lowest BCUT2D eigenvalue weighted by Gasteiger charge is -2.00. The van der Waals surface area contributed by atoms with E-state index in [1.165, 1.54) is 0 Å². The molecular weight excluding hydrogens is 246 g/mol. The first kappa shape index (κ1) is 13.3. The normalized spacial score (nSPS) is 11.2. The van der Waals surface area contributed by atoms with Crippen molar-refractivity contribution in [1.29, 1.82) is 0 Å². The van der Waals surface area contributed by atoms with E-state index >= 15 is 0 Å². The summed E-state index contributed by atoms with van der Waals surface area (Å²) in [4.78, 5) is 15.5. The van der Waals surface area contributed by atoms with Crippen molar-refractivity contribution in [3.05, 3.63) is 23.3 Å². The molecule has 6 nitrogen and oxygen atoms in total. The number of rotatable bonds is 4. The van der Waals surface area contributed by atoms with Gasteiger partial charge in [0.1, 0.15) is 0 Å². The predicted octanol–water partition coefficient (Wildman–Crippen LogP) is 2.28. The van der Waals surface area contributed by atoms with E-state index in [1.807, 2.05) is 27.8 Å². The van der Waals surface area contributed by atoms with Crippen molar-refractivity contribution < 1.29 is 14.3 Å². The number of carboxylic acid groups (broad SMARTS) is 1. The summed E-state index contributed by atoms with van der Waals surface area (Å²) in [6.45, 7) is 5.90. The van der Waals surface area contributed by atoms with Crippen molar-refractivity contribution >= 4 is 5.97 Å². The molecule has 6 heteroatoms. The summed E-state index contributed by atoms with van der Waals surface area (Å²) >= 11 is 0. The number of aromatic carboxylic acids is 1. The van der Waals surface area contributed by atoms with Crippen LogP contribution >= 0.6 is 0 Å². The summed E-state index contributed by atoms with van der Waals surface area (Å²) in [6, 6.07) is 0. The number of hydrogen-bond acceptors (Lipinski definition) is 4. The fourth-order valence-electron chi connectivity index (χ4n) is 1.87. The molecule has 0 saturated carbocycles. The van der Waals surface area contributed by atoms with Crippen molar-refractivity contribution in [3.8, 4) is 11.5 Å². The summed E-state index contributed by atoms with van der Waals surface area (Å²) < 4.78 is 7.09. The lowest BCUT2D eigenvalue weighted by atomic mass is 10.1. The zero-order valence-corrected chi connectivity index (χ0v) is 11.5. The van der Waals surface area contributed by atoms with Crippen molar-refractivity contribution in [3.63, 3.8) is 0 Å². The van der Waals surface area contributed by atoms with Gasteiger partial charge in [0, 0.05) is 12.7 Å². The van der Waals surface area contributed by atoms with Gasteiger partial charge < -0.3 is 9.52 Å². The Hall–Kier alpha value is -2.11. The average molecular weight is 263 g/mol. The monoisotopic (exact) mass is 263 g/mol. The molecule has 0 atom stereocenters. The maximum Gasteiger partial charge on any atom is 0.373 e. The lowest BCUT2D eigenvalue weighted by Crippen LogP contribution is -2.03. The standard InChI is InChI=1S/C13H17N3O3/c1-7(2)5-10-11(13(17)18)19-12(15-10)9-6-14-16(4)8(9)3/h6-7H,5H2,1-4H3,(H,17,18). The van der Waals surface area contributed by atoms with E-state index in [1.54, 1.807) is 10.9 Å². The first-order valence-electron chi connectivity index (χ1n) is 6.12. The van der Waals surface area contributed by atoms with Crippen LogP contribution in [0.2, 0.25) is 0 Å². The van der Waals surface area contributed by atoms with Crippen LogP contribution in [-0.4, -0.2) is 25.8 Å². The number of carboxylic acids is 1. The fraction of sp³-hybridized carbons (Fsp3) is 0.462. The molecule has 1 N–H and O–H groups in total. The molecule has 0 aliphatic heterocycles. The zero-order chi connectivity index (χ0) is 14.2. The molecule has 0 aliphatic rings. The molecule has 0 unspecified atom stereocenters. The second-order valence-corrected chi connectivity index (χ2v) is 4.97. The summed E-state index contributed by atoms with van der Waals surface area (Å²) in [7, 11) is 1.81. The van der Waals surface area contributed by atoms with Gasteiger partial charge in [-0.05, 0) is 19.3 Å². The molecule has 2 aromatic heterocycles. The van der Waals surface area contributed by atoms with Gasteiger partial charge in [0.15, 0.2) is 0 Å². The fourth-order valence-corrected chi connectivity index (χ4v) is 1.87. The minimum atomic E-state index is -1.09. The molecule has 2 heterocycles. The molecule has 0 aliphatic carbocycles. The maximum atomic E-state index is 11.2. The minimum absolute atomic E-state index is 0.0769. The summed E-state index contributed by atoms with van der Waals surface area (Å²) in [5.41, 5.74) is 2.09. The Kier molecular flexibility index (Phi) is 3.42. The Balaban J connectivity index is 2.48. The van der Waals surface area contributed by atoms with E-state index in [0.29, 0.717) is 23.9 Å². The van der Waals surface area contributed by atoms with Gasteiger partial charge >= 0.3 is 5.97 Å². The van der Waals surface area contributed by atoms with E-state index in [4.69, 9.17) is 9.52 Å². The van der Waals surface area contributed by atoms with E-state index in [-0.39, 0.29) is 5.76 Å². The van der Waals surface area contributed by atoms with E-state index in [0.717, 1.165) is 11.3 Å². The van der Waals surface area contributed by atoms with Gasteiger partial charge in [-0.2, -0.15) is 5.10 Å². The van der Waals surface area contributed by atoms with E-state index in [2.05, 4.69) is 10.1 Å². The van der Waals surface area contributed by atoms with Crippen LogP contribution in [0.3, 0.4) is 0 Å². The van der Waals surface area contributed by atoms with Crippen LogP contribution in [0.1, 0.15) is 35.8 Å². The van der Waals surface area contributed by atoms with Crippen molar-refractivity contribution in [1.82, 2.24) is 14.8 Å². The summed E-state index contributed by atoms with van der Waals surface area (Å²) in [5, 5.41) is 13.3. The SMILES string of the molecule is Cc1c(-c2nc(CC(C)C)c(C(=O)O)o2)cnn1C. The molecule has 0 bridgehead atoms.